The van der Waals surface area contributed by atoms with Gasteiger partial charge in [0, 0.05) is 42.2 Å². The van der Waals surface area contributed by atoms with Gasteiger partial charge in [0.1, 0.15) is 16.2 Å². The van der Waals surface area contributed by atoms with Crippen LogP contribution < -0.4 is 11.2 Å². The van der Waals surface area contributed by atoms with Crippen LogP contribution in [0.4, 0.5) is 0 Å². The average molecular weight is 452 g/mol. The third-order valence-corrected chi connectivity index (χ3v) is 6.54. The van der Waals surface area contributed by atoms with Gasteiger partial charge in [0.2, 0.25) is 0 Å². The quantitative estimate of drug-likeness (QED) is 0.290. The zero-order valence-corrected chi connectivity index (χ0v) is 19.7. The van der Waals surface area contributed by atoms with Gasteiger partial charge in [0.25, 0.3) is 5.56 Å². The first-order valence-electron chi connectivity index (χ1n) is 10.3. The SMILES string of the molecule is CC(Sc1nc(C(C)(C)C)nc2c1c(=O)n(C)c(=O)n2C)C(=O)c1c[nH]c2ccccc12. The smallest absolute Gasteiger partial charge is 0.332 e. The topological polar surface area (TPSA) is 103 Å². The van der Waals surface area contributed by atoms with Crippen molar-refractivity contribution in [1.82, 2.24) is 24.1 Å². The highest BCUT2D eigenvalue weighted by atomic mass is 32.2. The fraction of sp³-hybridized carbons (Fsp3) is 0.348. The Labute approximate surface area is 188 Å². The highest BCUT2D eigenvalue weighted by Crippen LogP contribution is 2.32. The maximum Gasteiger partial charge on any atom is 0.332 e. The molecule has 0 bridgehead atoms. The van der Waals surface area contributed by atoms with E-state index in [1.807, 2.05) is 45.0 Å². The molecule has 0 saturated heterocycles. The molecule has 0 aliphatic carbocycles. The van der Waals surface area contributed by atoms with Crippen LogP contribution >= 0.6 is 11.8 Å². The summed E-state index contributed by atoms with van der Waals surface area (Å²) in [6.07, 6.45) is 1.71. The van der Waals surface area contributed by atoms with Crippen LogP contribution in [0.3, 0.4) is 0 Å². The number of carbonyl (C=O) groups is 1. The Kier molecular flexibility index (Phi) is 5.32. The van der Waals surface area contributed by atoms with Gasteiger partial charge >= 0.3 is 5.69 Å². The molecule has 0 spiro atoms. The fourth-order valence-electron chi connectivity index (χ4n) is 3.56. The van der Waals surface area contributed by atoms with Crippen molar-refractivity contribution in [2.75, 3.05) is 0 Å². The first-order chi connectivity index (χ1) is 15.0. The number of para-hydroxylation sites is 1. The zero-order chi connectivity index (χ0) is 23.4. The standard InChI is InChI=1S/C23H25N5O3S/c1-12(17(29)14-11-24-15-10-8-7-9-13(14)15)32-19-16-18(25-21(26-19)23(2,3)4)27(5)22(31)28(6)20(16)30/h7-12,24H,1-6H3. The van der Waals surface area contributed by atoms with E-state index in [1.54, 1.807) is 20.2 Å². The maximum atomic E-state index is 13.3. The number of hydrogen-bond acceptors (Lipinski definition) is 6. The van der Waals surface area contributed by atoms with Gasteiger partial charge in [-0.05, 0) is 13.0 Å². The summed E-state index contributed by atoms with van der Waals surface area (Å²) in [5.74, 6) is 0.431. The summed E-state index contributed by atoms with van der Waals surface area (Å²) in [5, 5.41) is 0.983. The number of hydrogen-bond donors (Lipinski definition) is 1. The van der Waals surface area contributed by atoms with Gasteiger partial charge in [-0.25, -0.2) is 14.8 Å². The van der Waals surface area contributed by atoms with Crippen LogP contribution in [0.25, 0.3) is 21.9 Å². The van der Waals surface area contributed by atoms with Gasteiger partial charge in [-0.2, -0.15) is 0 Å². The molecular formula is C23H25N5O3S. The minimum Gasteiger partial charge on any atom is -0.360 e. The van der Waals surface area contributed by atoms with Crippen molar-refractivity contribution in [3.63, 3.8) is 0 Å². The van der Waals surface area contributed by atoms with Crippen LogP contribution in [0, 0.1) is 0 Å². The first-order valence-corrected chi connectivity index (χ1v) is 11.1. The fourth-order valence-corrected chi connectivity index (χ4v) is 4.57. The van der Waals surface area contributed by atoms with Crippen LogP contribution in [0.15, 0.2) is 45.1 Å². The van der Waals surface area contributed by atoms with Gasteiger partial charge in [-0.15, -0.1) is 0 Å². The summed E-state index contributed by atoms with van der Waals surface area (Å²) in [5.41, 5.74) is 0.407. The van der Waals surface area contributed by atoms with Crippen LogP contribution in [0.2, 0.25) is 0 Å². The molecule has 9 heteroatoms. The molecule has 1 atom stereocenters. The monoisotopic (exact) mass is 451 g/mol. The van der Waals surface area contributed by atoms with Gasteiger partial charge in [-0.3, -0.25) is 18.7 Å². The second kappa shape index (κ2) is 7.74. The van der Waals surface area contributed by atoms with Crippen LogP contribution in [0.1, 0.15) is 43.9 Å². The Hall–Kier alpha value is -3.20. The lowest BCUT2D eigenvalue weighted by molar-refractivity contribution is 0.0995. The van der Waals surface area contributed by atoms with E-state index in [4.69, 9.17) is 0 Å². The predicted octanol–water partition coefficient (Wildman–Crippen LogP) is 3.17. The predicted molar refractivity (Wildman–Crippen MR) is 127 cm³/mol. The number of Topliss-reactive ketones (excluding diaryl/α,β-unsaturated/α-hetero) is 1. The molecule has 3 aromatic heterocycles. The average Bonchev–Trinajstić information content (AvgIpc) is 3.18. The number of ketones is 1. The zero-order valence-electron chi connectivity index (χ0n) is 18.9. The Bertz CT molecular complexity index is 1490. The number of nitrogens with one attached hydrogen (secondary N) is 1. The third-order valence-electron chi connectivity index (χ3n) is 5.45. The molecule has 0 amide bonds. The van der Waals surface area contributed by atoms with Crippen molar-refractivity contribution in [3.8, 4) is 0 Å². The second-order valence-electron chi connectivity index (χ2n) is 8.88. The number of aromatic amines is 1. The summed E-state index contributed by atoms with van der Waals surface area (Å²) in [6, 6.07) is 7.62. The molecule has 4 aromatic rings. The largest absolute Gasteiger partial charge is 0.360 e. The van der Waals surface area contributed by atoms with Gasteiger partial charge in [-0.1, -0.05) is 50.7 Å². The van der Waals surface area contributed by atoms with Crippen molar-refractivity contribution < 1.29 is 4.79 Å². The Morgan fingerprint density at radius 3 is 2.47 bits per heavy atom. The van der Waals surface area contributed by atoms with E-state index in [-0.39, 0.29) is 16.8 Å². The summed E-state index contributed by atoms with van der Waals surface area (Å²) in [6.45, 7) is 7.68. The molecule has 0 radical (unpaired) electrons. The lowest BCUT2D eigenvalue weighted by Gasteiger charge is -2.20. The van der Waals surface area contributed by atoms with E-state index in [0.29, 0.717) is 16.4 Å². The second-order valence-corrected chi connectivity index (χ2v) is 10.2. The highest BCUT2D eigenvalue weighted by Gasteiger charge is 2.27. The summed E-state index contributed by atoms with van der Waals surface area (Å²) in [7, 11) is 3.01. The van der Waals surface area contributed by atoms with E-state index >= 15 is 0 Å². The van der Waals surface area contributed by atoms with Crippen LogP contribution in [-0.4, -0.2) is 35.1 Å². The normalized spacial score (nSPS) is 13.1. The minimum atomic E-state index is -0.512. The molecule has 3 heterocycles. The molecule has 4 rings (SSSR count). The van der Waals surface area contributed by atoms with Gasteiger partial charge in [0.05, 0.1) is 5.25 Å². The molecule has 166 valence electrons. The summed E-state index contributed by atoms with van der Waals surface area (Å²) in [4.78, 5) is 51.1. The summed E-state index contributed by atoms with van der Waals surface area (Å²) < 4.78 is 2.39. The number of aromatic nitrogens is 5. The third kappa shape index (κ3) is 3.56. The molecule has 1 N–H and O–H groups in total. The van der Waals surface area contributed by atoms with Crippen molar-refractivity contribution in [1.29, 1.82) is 0 Å². The Morgan fingerprint density at radius 2 is 1.78 bits per heavy atom. The number of thioether (sulfide) groups is 1. The number of carbonyl (C=O) groups excluding carboxylic acids is 1. The molecular weight excluding hydrogens is 426 g/mol. The molecule has 0 aliphatic heterocycles. The van der Waals surface area contributed by atoms with E-state index in [9.17, 15) is 14.4 Å². The molecule has 0 fully saturated rings. The lowest BCUT2D eigenvalue weighted by atomic mass is 9.96. The van der Waals surface area contributed by atoms with Crippen LogP contribution in [-0.2, 0) is 19.5 Å². The molecule has 32 heavy (non-hydrogen) atoms. The molecule has 0 saturated carbocycles. The highest BCUT2D eigenvalue weighted by molar-refractivity contribution is 8.00. The van der Waals surface area contributed by atoms with Crippen molar-refractivity contribution in [2.45, 2.75) is 43.4 Å². The van der Waals surface area contributed by atoms with E-state index in [2.05, 4.69) is 15.0 Å². The van der Waals surface area contributed by atoms with Crippen molar-refractivity contribution in [3.05, 3.63) is 62.7 Å². The molecule has 8 nitrogen and oxygen atoms in total. The lowest BCUT2D eigenvalue weighted by Crippen LogP contribution is -2.38. The Balaban J connectivity index is 1.87. The van der Waals surface area contributed by atoms with Crippen LogP contribution in [0.5, 0.6) is 0 Å². The molecule has 0 aliphatic rings. The number of aryl methyl sites for hydroxylation is 1. The van der Waals surface area contributed by atoms with E-state index < -0.39 is 21.9 Å². The number of rotatable bonds is 4. The number of benzene rings is 1. The first kappa shape index (κ1) is 22.0. The maximum absolute atomic E-state index is 13.3. The van der Waals surface area contributed by atoms with E-state index in [1.165, 1.54) is 23.4 Å². The minimum absolute atomic E-state index is 0.0711. The van der Waals surface area contributed by atoms with Gasteiger partial charge < -0.3 is 4.98 Å². The number of nitrogens with zero attached hydrogens (tertiary/aromatic N) is 4. The van der Waals surface area contributed by atoms with Gasteiger partial charge in [0.15, 0.2) is 11.4 Å². The number of H-pyrrole nitrogens is 1. The molecule has 1 unspecified atom stereocenters. The molecule has 1 aromatic carbocycles. The van der Waals surface area contributed by atoms with E-state index in [0.717, 1.165) is 15.5 Å². The number of fused-ring (bicyclic) bond motifs is 2. The van der Waals surface area contributed by atoms with Crippen molar-refractivity contribution in [2.24, 2.45) is 14.1 Å². The Morgan fingerprint density at radius 1 is 1.09 bits per heavy atom. The van der Waals surface area contributed by atoms with Crippen molar-refractivity contribution >= 4 is 39.5 Å². The summed E-state index contributed by atoms with van der Waals surface area (Å²) >= 11 is 1.21.